The van der Waals surface area contributed by atoms with E-state index in [1.807, 2.05) is 6.92 Å². The molecule has 6 nitrogen and oxygen atoms in total. The van der Waals surface area contributed by atoms with Gasteiger partial charge in [0.15, 0.2) is 0 Å². The van der Waals surface area contributed by atoms with Gasteiger partial charge in [-0.1, -0.05) is 13.8 Å². The maximum Gasteiger partial charge on any atom is 0.308 e. The van der Waals surface area contributed by atoms with Gasteiger partial charge in [-0.2, -0.15) is 0 Å². The molecular weight excluding hydrogens is 338 g/mol. The first-order valence-electron chi connectivity index (χ1n) is 8.58. The second-order valence-corrected chi connectivity index (χ2v) is 7.85. The zero-order valence-corrected chi connectivity index (χ0v) is 16.4. The van der Waals surface area contributed by atoms with E-state index in [2.05, 4.69) is 34.5 Å². The summed E-state index contributed by atoms with van der Waals surface area (Å²) in [5.74, 6) is 1.51. The molecule has 7 heteroatoms. The van der Waals surface area contributed by atoms with Crippen LogP contribution in [0.15, 0.2) is 5.38 Å². The number of aromatic nitrogens is 2. The molecular formula is C18H27N3O3S. The highest BCUT2D eigenvalue weighted by atomic mass is 32.1. The van der Waals surface area contributed by atoms with Gasteiger partial charge in [-0.15, -0.1) is 11.3 Å². The van der Waals surface area contributed by atoms with E-state index in [1.54, 1.807) is 25.2 Å². The minimum atomic E-state index is -1.22. The fourth-order valence-electron chi connectivity index (χ4n) is 2.68. The molecule has 0 aliphatic heterocycles. The second kappa shape index (κ2) is 8.10. The highest BCUT2D eigenvalue weighted by molar-refractivity contribution is 7.17. The van der Waals surface area contributed by atoms with Gasteiger partial charge in [0.2, 0.25) is 0 Å². The largest absolute Gasteiger partial charge is 0.466 e. The molecule has 2 aromatic heterocycles. The normalized spacial score (nSPS) is 13.9. The summed E-state index contributed by atoms with van der Waals surface area (Å²) in [7, 11) is 0. The second-order valence-electron chi connectivity index (χ2n) is 6.99. The lowest BCUT2D eigenvalue weighted by molar-refractivity contribution is -0.147. The van der Waals surface area contributed by atoms with E-state index in [4.69, 9.17) is 4.74 Å². The van der Waals surface area contributed by atoms with Gasteiger partial charge < -0.3 is 15.2 Å². The number of aliphatic hydroxyl groups is 1. The van der Waals surface area contributed by atoms with Gasteiger partial charge in [-0.05, 0) is 44.1 Å². The maximum atomic E-state index is 11.6. The summed E-state index contributed by atoms with van der Waals surface area (Å²) in [6, 6.07) is 0. The molecule has 1 atom stereocenters. The highest BCUT2D eigenvalue weighted by Gasteiger charge is 2.26. The number of hydrogen-bond acceptors (Lipinski definition) is 7. The monoisotopic (exact) mass is 365 g/mol. The lowest BCUT2D eigenvalue weighted by Gasteiger charge is -2.23. The van der Waals surface area contributed by atoms with Gasteiger partial charge in [0.1, 0.15) is 16.5 Å². The molecule has 138 valence electrons. The number of fused-ring (bicyclic) bond motifs is 1. The van der Waals surface area contributed by atoms with E-state index in [-0.39, 0.29) is 13.0 Å². The van der Waals surface area contributed by atoms with Crippen molar-refractivity contribution in [3.63, 3.8) is 0 Å². The van der Waals surface area contributed by atoms with Crippen LogP contribution in [0, 0.1) is 12.8 Å². The zero-order chi connectivity index (χ0) is 18.6. The zero-order valence-electron chi connectivity index (χ0n) is 15.5. The SMILES string of the molecule is CCOC(=O)C[C@@](C)(O)CNc1nc(C)nc2scc(CC(C)C)c12. The van der Waals surface area contributed by atoms with Crippen molar-refractivity contribution < 1.29 is 14.6 Å². The number of nitrogens with one attached hydrogen (secondary N) is 1. The average Bonchev–Trinajstić information content (AvgIpc) is 2.86. The number of ether oxygens (including phenoxy) is 1. The number of hydrogen-bond donors (Lipinski definition) is 2. The standard InChI is InChI=1S/C18H27N3O3S/c1-6-24-14(22)8-18(5,23)10-19-16-15-13(7-11(2)3)9-25-17(15)21-12(4)20-16/h9,11,23H,6-8,10H2,1-5H3,(H,19,20,21)/t18-/m1/s1. The number of carbonyl (C=O) groups is 1. The Kier molecular flexibility index (Phi) is 6.35. The molecule has 0 radical (unpaired) electrons. The van der Waals surface area contributed by atoms with Crippen LogP contribution in [0.4, 0.5) is 5.82 Å². The Morgan fingerprint density at radius 3 is 2.80 bits per heavy atom. The minimum Gasteiger partial charge on any atom is -0.466 e. The van der Waals surface area contributed by atoms with Crippen LogP contribution in [-0.4, -0.2) is 39.8 Å². The summed E-state index contributed by atoms with van der Waals surface area (Å²) in [6.45, 7) is 10.1. The summed E-state index contributed by atoms with van der Waals surface area (Å²) >= 11 is 1.61. The molecule has 0 aliphatic rings. The molecule has 0 unspecified atom stereocenters. The fourth-order valence-corrected chi connectivity index (χ4v) is 3.68. The summed E-state index contributed by atoms with van der Waals surface area (Å²) < 4.78 is 4.92. The summed E-state index contributed by atoms with van der Waals surface area (Å²) in [5.41, 5.74) is -0.00592. The van der Waals surface area contributed by atoms with Gasteiger partial charge in [0.25, 0.3) is 0 Å². The van der Waals surface area contributed by atoms with Crippen molar-refractivity contribution in [2.75, 3.05) is 18.5 Å². The van der Waals surface area contributed by atoms with Gasteiger partial charge in [0, 0.05) is 6.54 Å². The van der Waals surface area contributed by atoms with Crippen molar-refractivity contribution in [2.45, 2.75) is 53.1 Å². The highest BCUT2D eigenvalue weighted by Crippen LogP contribution is 2.32. The third kappa shape index (κ3) is 5.37. The van der Waals surface area contributed by atoms with Crippen LogP contribution in [0.2, 0.25) is 0 Å². The Balaban J connectivity index is 2.22. The van der Waals surface area contributed by atoms with E-state index in [0.717, 1.165) is 16.6 Å². The van der Waals surface area contributed by atoms with Gasteiger partial charge in [0.05, 0.1) is 24.0 Å². The van der Waals surface area contributed by atoms with Crippen molar-refractivity contribution in [3.05, 3.63) is 16.8 Å². The first-order chi connectivity index (χ1) is 11.7. The van der Waals surface area contributed by atoms with Crippen LogP contribution in [0.1, 0.15) is 45.5 Å². The Morgan fingerprint density at radius 1 is 1.44 bits per heavy atom. The van der Waals surface area contributed by atoms with Crippen molar-refractivity contribution in [2.24, 2.45) is 5.92 Å². The lowest BCUT2D eigenvalue weighted by atomic mass is 10.0. The van der Waals surface area contributed by atoms with Crippen LogP contribution in [0.3, 0.4) is 0 Å². The van der Waals surface area contributed by atoms with E-state index in [9.17, 15) is 9.90 Å². The number of aryl methyl sites for hydroxylation is 1. The summed E-state index contributed by atoms with van der Waals surface area (Å²) in [5, 5.41) is 16.8. The molecule has 0 bridgehead atoms. The van der Waals surface area contributed by atoms with Crippen LogP contribution in [0.5, 0.6) is 0 Å². The molecule has 2 heterocycles. The molecule has 2 aromatic rings. The van der Waals surface area contributed by atoms with Crippen molar-refractivity contribution in [1.82, 2.24) is 9.97 Å². The van der Waals surface area contributed by atoms with Gasteiger partial charge in [-0.3, -0.25) is 4.79 Å². The molecule has 0 saturated heterocycles. The molecule has 0 fully saturated rings. The van der Waals surface area contributed by atoms with E-state index in [1.165, 1.54) is 5.56 Å². The molecule has 0 spiro atoms. The first-order valence-corrected chi connectivity index (χ1v) is 9.46. The summed E-state index contributed by atoms with van der Waals surface area (Å²) in [6.07, 6.45) is 0.879. The smallest absolute Gasteiger partial charge is 0.308 e. The summed E-state index contributed by atoms with van der Waals surface area (Å²) in [4.78, 5) is 21.6. The third-order valence-electron chi connectivity index (χ3n) is 3.72. The number of rotatable bonds is 8. The molecule has 2 N–H and O–H groups in total. The fraction of sp³-hybridized carbons (Fsp3) is 0.611. The molecule has 2 rings (SSSR count). The third-order valence-corrected chi connectivity index (χ3v) is 4.64. The Bertz CT molecular complexity index is 740. The van der Waals surface area contributed by atoms with Crippen molar-refractivity contribution in [3.8, 4) is 0 Å². The molecule has 25 heavy (non-hydrogen) atoms. The van der Waals surface area contributed by atoms with Crippen LogP contribution in [0.25, 0.3) is 10.2 Å². The predicted molar refractivity (Wildman–Crippen MR) is 101 cm³/mol. The van der Waals surface area contributed by atoms with E-state index >= 15 is 0 Å². The predicted octanol–water partition coefficient (Wildman–Crippen LogP) is 3.31. The number of thiophene rings is 1. The number of esters is 1. The van der Waals surface area contributed by atoms with Crippen molar-refractivity contribution in [1.29, 1.82) is 0 Å². The molecule has 0 saturated carbocycles. The number of carbonyl (C=O) groups excluding carboxylic acids is 1. The minimum absolute atomic E-state index is 0.0659. The van der Waals surface area contributed by atoms with Crippen LogP contribution >= 0.6 is 11.3 Å². The van der Waals surface area contributed by atoms with E-state index in [0.29, 0.717) is 24.2 Å². The van der Waals surface area contributed by atoms with Crippen LogP contribution in [-0.2, 0) is 16.0 Å². The quantitative estimate of drug-likeness (QED) is 0.698. The maximum absolute atomic E-state index is 11.6. The Labute approximate surface area is 152 Å². The van der Waals surface area contributed by atoms with Gasteiger partial charge >= 0.3 is 5.97 Å². The average molecular weight is 365 g/mol. The Hall–Kier alpha value is -1.73. The molecule has 0 aliphatic carbocycles. The van der Waals surface area contributed by atoms with Gasteiger partial charge in [-0.25, -0.2) is 9.97 Å². The van der Waals surface area contributed by atoms with Crippen LogP contribution < -0.4 is 5.32 Å². The topological polar surface area (TPSA) is 84.3 Å². The lowest BCUT2D eigenvalue weighted by Crippen LogP contribution is -2.36. The molecule has 0 amide bonds. The van der Waals surface area contributed by atoms with E-state index < -0.39 is 11.6 Å². The number of anilines is 1. The van der Waals surface area contributed by atoms with Crippen molar-refractivity contribution >= 4 is 33.3 Å². The number of nitrogens with zero attached hydrogens (tertiary/aromatic N) is 2. The first kappa shape index (κ1) is 19.6. The molecule has 0 aromatic carbocycles. The Morgan fingerprint density at radius 2 is 2.16 bits per heavy atom.